The molecule has 3 N–H and O–H groups in total. The van der Waals surface area contributed by atoms with Crippen molar-refractivity contribution in [2.24, 2.45) is 5.73 Å². The molecule has 0 saturated carbocycles. The Morgan fingerprint density at radius 1 is 1.45 bits per heavy atom. The van der Waals surface area contributed by atoms with Gasteiger partial charge in [0.1, 0.15) is 0 Å². The molecule has 1 atom stereocenters. The van der Waals surface area contributed by atoms with Crippen LogP contribution >= 0.6 is 11.6 Å². The molecule has 5 nitrogen and oxygen atoms in total. The normalized spacial score (nSPS) is 18.9. The number of aliphatic carboxylic acids is 1. The van der Waals surface area contributed by atoms with Gasteiger partial charge in [-0.15, -0.1) is 0 Å². The number of hydrogen-bond acceptors (Lipinski definition) is 4. The Labute approximate surface area is 135 Å². The summed E-state index contributed by atoms with van der Waals surface area (Å²) in [6, 6.07) is 5.04. The van der Waals surface area contributed by atoms with Crippen LogP contribution in [0.3, 0.4) is 0 Å². The topological polar surface area (TPSA) is 81.8 Å². The molecule has 2 rings (SSSR count). The van der Waals surface area contributed by atoms with E-state index in [0.29, 0.717) is 24.8 Å². The standard InChI is InChI=1S/C16H22ClNO4/c1-21-10-16(2-4-22-5-3-16)12-6-11(7-13(17)8-12)14(18)9-15(19)20/h6-8,14H,2-5,9-10,18H2,1H3,(H,19,20). The average Bonchev–Trinajstić information content (AvgIpc) is 2.47. The first-order chi connectivity index (χ1) is 10.5. The van der Waals surface area contributed by atoms with Gasteiger partial charge >= 0.3 is 5.97 Å². The fraction of sp³-hybridized carbons (Fsp3) is 0.562. The molecule has 1 aromatic carbocycles. The lowest BCUT2D eigenvalue weighted by Gasteiger charge is -2.37. The molecule has 1 fully saturated rings. The molecule has 0 aromatic heterocycles. The van der Waals surface area contributed by atoms with Gasteiger partial charge in [-0.1, -0.05) is 17.7 Å². The maximum atomic E-state index is 10.9. The van der Waals surface area contributed by atoms with Crippen LogP contribution in [0.4, 0.5) is 0 Å². The van der Waals surface area contributed by atoms with Gasteiger partial charge in [-0.2, -0.15) is 0 Å². The quantitative estimate of drug-likeness (QED) is 0.839. The van der Waals surface area contributed by atoms with Crippen LogP contribution in [-0.2, 0) is 19.7 Å². The third-order valence-corrected chi connectivity index (χ3v) is 4.44. The number of carboxylic acids is 1. The lowest BCUT2D eigenvalue weighted by molar-refractivity contribution is -0.137. The average molecular weight is 328 g/mol. The van der Waals surface area contributed by atoms with Crippen molar-refractivity contribution in [1.29, 1.82) is 0 Å². The third kappa shape index (κ3) is 3.98. The van der Waals surface area contributed by atoms with Gasteiger partial charge in [0.2, 0.25) is 0 Å². The van der Waals surface area contributed by atoms with E-state index in [2.05, 4.69) is 0 Å². The van der Waals surface area contributed by atoms with Crippen LogP contribution in [0.25, 0.3) is 0 Å². The largest absolute Gasteiger partial charge is 0.481 e. The third-order valence-electron chi connectivity index (χ3n) is 4.23. The number of halogens is 1. The summed E-state index contributed by atoms with van der Waals surface area (Å²) in [6.07, 6.45) is 1.56. The van der Waals surface area contributed by atoms with Crippen LogP contribution < -0.4 is 5.73 Å². The minimum absolute atomic E-state index is 0.125. The molecule has 0 spiro atoms. The van der Waals surface area contributed by atoms with Crippen molar-refractivity contribution >= 4 is 17.6 Å². The van der Waals surface area contributed by atoms with Crippen LogP contribution in [0, 0.1) is 0 Å². The fourth-order valence-corrected chi connectivity index (χ4v) is 3.24. The van der Waals surface area contributed by atoms with Gasteiger partial charge in [0.05, 0.1) is 13.0 Å². The molecular weight excluding hydrogens is 306 g/mol. The predicted molar refractivity (Wildman–Crippen MR) is 84.2 cm³/mol. The van der Waals surface area contributed by atoms with Crippen molar-refractivity contribution in [2.75, 3.05) is 26.9 Å². The molecule has 1 aliphatic heterocycles. The van der Waals surface area contributed by atoms with Crippen LogP contribution in [0.2, 0.25) is 5.02 Å². The van der Waals surface area contributed by atoms with E-state index in [4.69, 9.17) is 31.9 Å². The summed E-state index contributed by atoms with van der Waals surface area (Å²) in [5.74, 6) is -0.924. The summed E-state index contributed by atoms with van der Waals surface area (Å²) in [4.78, 5) is 10.9. The number of methoxy groups -OCH3 is 1. The lowest BCUT2D eigenvalue weighted by Crippen LogP contribution is -2.38. The maximum absolute atomic E-state index is 10.9. The Morgan fingerprint density at radius 3 is 2.73 bits per heavy atom. The maximum Gasteiger partial charge on any atom is 0.305 e. The van der Waals surface area contributed by atoms with E-state index >= 15 is 0 Å². The van der Waals surface area contributed by atoms with Crippen molar-refractivity contribution in [3.8, 4) is 0 Å². The molecule has 0 bridgehead atoms. The van der Waals surface area contributed by atoms with Gasteiger partial charge in [0, 0.05) is 36.8 Å². The summed E-state index contributed by atoms with van der Waals surface area (Å²) < 4.78 is 10.9. The zero-order valence-corrected chi connectivity index (χ0v) is 13.4. The highest BCUT2D eigenvalue weighted by Crippen LogP contribution is 2.37. The van der Waals surface area contributed by atoms with Gasteiger partial charge in [-0.3, -0.25) is 4.79 Å². The molecular formula is C16H22ClNO4. The highest BCUT2D eigenvalue weighted by Gasteiger charge is 2.35. The monoisotopic (exact) mass is 327 g/mol. The van der Waals surface area contributed by atoms with E-state index in [1.54, 1.807) is 13.2 Å². The summed E-state index contributed by atoms with van der Waals surface area (Å²) >= 11 is 6.24. The lowest BCUT2D eigenvalue weighted by atomic mass is 9.74. The summed E-state index contributed by atoms with van der Waals surface area (Å²) in [5.41, 5.74) is 7.61. The van der Waals surface area contributed by atoms with Gasteiger partial charge in [0.15, 0.2) is 0 Å². The van der Waals surface area contributed by atoms with E-state index in [1.807, 2.05) is 12.1 Å². The van der Waals surface area contributed by atoms with Crippen molar-refractivity contribution < 1.29 is 19.4 Å². The van der Waals surface area contributed by atoms with E-state index in [9.17, 15) is 4.79 Å². The van der Waals surface area contributed by atoms with Crippen LogP contribution in [-0.4, -0.2) is 38.0 Å². The molecule has 1 aromatic rings. The van der Waals surface area contributed by atoms with Gasteiger partial charge < -0.3 is 20.3 Å². The van der Waals surface area contributed by atoms with Crippen molar-refractivity contribution in [1.82, 2.24) is 0 Å². The van der Waals surface area contributed by atoms with E-state index in [-0.39, 0.29) is 11.8 Å². The van der Waals surface area contributed by atoms with Gasteiger partial charge in [-0.25, -0.2) is 0 Å². The number of ether oxygens (including phenoxy) is 2. The SMILES string of the molecule is COCC1(c2cc(Cl)cc(C(N)CC(=O)O)c2)CCOCC1. The highest BCUT2D eigenvalue weighted by molar-refractivity contribution is 6.30. The predicted octanol–water partition coefficient (Wildman–Crippen LogP) is 2.51. The molecule has 22 heavy (non-hydrogen) atoms. The molecule has 122 valence electrons. The fourth-order valence-electron chi connectivity index (χ4n) is 2.99. The van der Waals surface area contributed by atoms with E-state index in [1.165, 1.54) is 0 Å². The van der Waals surface area contributed by atoms with Crippen molar-refractivity contribution in [3.05, 3.63) is 34.3 Å². The number of carbonyl (C=O) groups is 1. The number of carboxylic acid groups (broad SMARTS) is 1. The Bertz CT molecular complexity index is 523. The first-order valence-electron chi connectivity index (χ1n) is 7.32. The smallest absolute Gasteiger partial charge is 0.305 e. The minimum atomic E-state index is -0.924. The molecule has 1 aliphatic rings. The molecule has 6 heteroatoms. The molecule has 0 aliphatic carbocycles. The minimum Gasteiger partial charge on any atom is -0.481 e. The Balaban J connectivity index is 2.36. The Hall–Kier alpha value is -1.14. The number of nitrogens with two attached hydrogens (primary N) is 1. The van der Waals surface area contributed by atoms with Gasteiger partial charge in [-0.05, 0) is 36.1 Å². The number of hydrogen-bond donors (Lipinski definition) is 2. The second kappa shape index (κ2) is 7.42. The molecule has 0 amide bonds. The second-order valence-electron chi connectivity index (χ2n) is 5.80. The molecule has 1 saturated heterocycles. The van der Waals surface area contributed by atoms with Crippen molar-refractivity contribution in [3.63, 3.8) is 0 Å². The van der Waals surface area contributed by atoms with Crippen LogP contribution in [0.5, 0.6) is 0 Å². The van der Waals surface area contributed by atoms with Crippen molar-refractivity contribution in [2.45, 2.75) is 30.7 Å². The second-order valence-corrected chi connectivity index (χ2v) is 6.24. The zero-order valence-electron chi connectivity index (χ0n) is 12.7. The first-order valence-corrected chi connectivity index (χ1v) is 7.70. The Morgan fingerprint density at radius 2 is 2.14 bits per heavy atom. The summed E-state index contributed by atoms with van der Waals surface area (Å²) in [5, 5.41) is 9.48. The molecule has 0 radical (unpaired) electrons. The summed E-state index contributed by atoms with van der Waals surface area (Å²) in [6.45, 7) is 1.92. The summed E-state index contributed by atoms with van der Waals surface area (Å²) in [7, 11) is 1.68. The molecule has 1 unspecified atom stereocenters. The van der Waals surface area contributed by atoms with Crippen LogP contribution in [0.15, 0.2) is 18.2 Å². The Kier molecular flexibility index (Phi) is 5.81. The van der Waals surface area contributed by atoms with E-state index < -0.39 is 12.0 Å². The van der Waals surface area contributed by atoms with Crippen LogP contribution in [0.1, 0.15) is 36.4 Å². The number of benzene rings is 1. The van der Waals surface area contributed by atoms with E-state index in [0.717, 1.165) is 24.0 Å². The molecule has 1 heterocycles. The highest BCUT2D eigenvalue weighted by atomic mass is 35.5. The van der Waals surface area contributed by atoms with Gasteiger partial charge in [0.25, 0.3) is 0 Å². The zero-order chi connectivity index (χ0) is 16.2. The first kappa shape index (κ1) is 17.2. The number of rotatable bonds is 6.